The zero-order chi connectivity index (χ0) is 14.5. The SMILES string of the molecule is CC(N)c1ccc(N2CCC(OCCO)CC2)cc1O. The zero-order valence-corrected chi connectivity index (χ0v) is 12.0. The molecular weight excluding hydrogens is 256 g/mol. The van der Waals surface area contributed by atoms with Crippen molar-refractivity contribution in [1.82, 2.24) is 0 Å². The number of aliphatic hydroxyl groups is 1. The molecule has 20 heavy (non-hydrogen) atoms. The Morgan fingerprint density at radius 1 is 1.40 bits per heavy atom. The second-order valence-corrected chi connectivity index (χ2v) is 5.31. The fourth-order valence-electron chi connectivity index (χ4n) is 2.61. The molecule has 1 aliphatic heterocycles. The van der Waals surface area contributed by atoms with Crippen molar-refractivity contribution >= 4 is 5.69 Å². The van der Waals surface area contributed by atoms with Crippen LogP contribution in [0.3, 0.4) is 0 Å². The van der Waals surface area contributed by atoms with E-state index in [1.165, 1.54) is 0 Å². The Labute approximate surface area is 120 Å². The highest BCUT2D eigenvalue weighted by molar-refractivity contribution is 5.54. The van der Waals surface area contributed by atoms with Crippen molar-refractivity contribution in [3.63, 3.8) is 0 Å². The molecule has 0 radical (unpaired) electrons. The Bertz CT molecular complexity index is 429. The average molecular weight is 280 g/mol. The molecule has 1 heterocycles. The number of rotatable bonds is 5. The van der Waals surface area contributed by atoms with E-state index in [0.717, 1.165) is 37.2 Å². The average Bonchev–Trinajstić information content (AvgIpc) is 2.45. The summed E-state index contributed by atoms with van der Waals surface area (Å²) in [5, 5.41) is 18.8. The molecule has 1 atom stereocenters. The van der Waals surface area contributed by atoms with Gasteiger partial charge in [0.05, 0.1) is 19.3 Å². The van der Waals surface area contributed by atoms with Gasteiger partial charge in [0, 0.05) is 36.4 Å². The van der Waals surface area contributed by atoms with Crippen LogP contribution in [0.15, 0.2) is 18.2 Å². The topological polar surface area (TPSA) is 79.0 Å². The van der Waals surface area contributed by atoms with Gasteiger partial charge in [0.15, 0.2) is 0 Å². The quantitative estimate of drug-likeness (QED) is 0.759. The Kier molecular flexibility index (Phi) is 5.23. The van der Waals surface area contributed by atoms with E-state index in [-0.39, 0.29) is 24.5 Å². The first-order chi connectivity index (χ1) is 9.61. The number of aromatic hydroxyl groups is 1. The molecule has 0 bridgehead atoms. The van der Waals surface area contributed by atoms with Crippen LogP contribution >= 0.6 is 0 Å². The van der Waals surface area contributed by atoms with Crippen molar-refractivity contribution in [3.8, 4) is 5.75 Å². The molecule has 1 saturated heterocycles. The minimum atomic E-state index is -0.165. The van der Waals surface area contributed by atoms with E-state index in [1.807, 2.05) is 19.1 Å². The fourth-order valence-corrected chi connectivity index (χ4v) is 2.61. The van der Waals surface area contributed by atoms with Crippen molar-refractivity contribution in [2.24, 2.45) is 5.73 Å². The second-order valence-electron chi connectivity index (χ2n) is 5.31. The second kappa shape index (κ2) is 6.92. The van der Waals surface area contributed by atoms with Gasteiger partial charge in [-0.3, -0.25) is 0 Å². The highest BCUT2D eigenvalue weighted by Gasteiger charge is 2.20. The maximum Gasteiger partial charge on any atom is 0.122 e. The summed E-state index contributed by atoms with van der Waals surface area (Å²) in [6, 6.07) is 5.52. The molecule has 1 fully saturated rings. The normalized spacial score (nSPS) is 18.2. The van der Waals surface area contributed by atoms with Crippen molar-refractivity contribution in [1.29, 1.82) is 0 Å². The van der Waals surface area contributed by atoms with Gasteiger partial charge in [-0.2, -0.15) is 0 Å². The number of nitrogens with two attached hydrogens (primary N) is 1. The summed E-state index contributed by atoms with van der Waals surface area (Å²) in [6.45, 7) is 4.14. The number of piperidine rings is 1. The lowest BCUT2D eigenvalue weighted by Crippen LogP contribution is -2.37. The van der Waals surface area contributed by atoms with Crippen molar-refractivity contribution in [2.75, 3.05) is 31.2 Å². The van der Waals surface area contributed by atoms with E-state index in [0.29, 0.717) is 6.61 Å². The molecule has 0 aromatic heterocycles. The first-order valence-electron chi connectivity index (χ1n) is 7.17. The van der Waals surface area contributed by atoms with Gasteiger partial charge in [-0.25, -0.2) is 0 Å². The summed E-state index contributed by atoms with van der Waals surface area (Å²) in [7, 11) is 0. The van der Waals surface area contributed by atoms with Crippen LogP contribution in [-0.2, 0) is 4.74 Å². The summed E-state index contributed by atoms with van der Waals surface area (Å²) < 4.78 is 5.55. The maximum atomic E-state index is 10.0. The summed E-state index contributed by atoms with van der Waals surface area (Å²) >= 11 is 0. The van der Waals surface area contributed by atoms with E-state index in [9.17, 15) is 5.11 Å². The molecule has 1 aromatic rings. The lowest BCUT2D eigenvalue weighted by Gasteiger charge is -2.33. The van der Waals surface area contributed by atoms with E-state index >= 15 is 0 Å². The largest absolute Gasteiger partial charge is 0.508 e. The lowest BCUT2D eigenvalue weighted by atomic mass is 10.0. The molecule has 1 aliphatic rings. The Morgan fingerprint density at radius 2 is 2.10 bits per heavy atom. The molecule has 1 unspecified atom stereocenters. The van der Waals surface area contributed by atoms with Crippen LogP contribution in [0.1, 0.15) is 31.4 Å². The standard InChI is InChI=1S/C15H24N2O3/c1-11(16)14-3-2-12(10-15(14)19)17-6-4-13(5-7-17)20-9-8-18/h2-3,10-11,13,18-19H,4-9,16H2,1H3. The number of benzene rings is 1. The van der Waals surface area contributed by atoms with Gasteiger partial charge in [0.25, 0.3) is 0 Å². The molecular formula is C15H24N2O3. The smallest absolute Gasteiger partial charge is 0.122 e. The molecule has 0 aliphatic carbocycles. The summed E-state index contributed by atoms with van der Waals surface area (Å²) in [5.74, 6) is 0.260. The van der Waals surface area contributed by atoms with Crippen LogP contribution in [0.4, 0.5) is 5.69 Å². The molecule has 0 spiro atoms. The van der Waals surface area contributed by atoms with Gasteiger partial charge in [-0.05, 0) is 25.8 Å². The highest BCUT2D eigenvalue weighted by atomic mass is 16.5. The van der Waals surface area contributed by atoms with Crippen molar-refractivity contribution in [2.45, 2.75) is 31.9 Å². The third kappa shape index (κ3) is 3.62. The highest BCUT2D eigenvalue weighted by Crippen LogP contribution is 2.29. The van der Waals surface area contributed by atoms with Crippen molar-refractivity contribution < 1.29 is 14.9 Å². The molecule has 5 nitrogen and oxygen atoms in total. The van der Waals surface area contributed by atoms with Crippen LogP contribution in [0.5, 0.6) is 5.75 Å². The van der Waals surface area contributed by atoms with Gasteiger partial charge in [0.1, 0.15) is 5.75 Å². The van der Waals surface area contributed by atoms with Gasteiger partial charge in [-0.15, -0.1) is 0 Å². The maximum absolute atomic E-state index is 10.0. The molecule has 0 saturated carbocycles. The number of hydrogen-bond acceptors (Lipinski definition) is 5. The fraction of sp³-hybridized carbons (Fsp3) is 0.600. The molecule has 1 aromatic carbocycles. The third-order valence-corrected chi connectivity index (χ3v) is 3.76. The van der Waals surface area contributed by atoms with Crippen LogP contribution in [0, 0.1) is 0 Å². The van der Waals surface area contributed by atoms with Crippen LogP contribution in [0.25, 0.3) is 0 Å². The van der Waals surface area contributed by atoms with E-state index in [1.54, 1.807) is 6.07 Å². The summed E-state index contributed by atoms with van der Waals surface area (Å²) in [4.78, 5) is 2.24. The molecule has 112 valence electrons. The van der Waals surface area contributed by atoms with E-state index in [2.05, 4.69) is 4.90 Å². The number of ether oxygens (including phenoxy) is 1. The van der Waals surface area contributed by atoms with Crippen LogP contribution in [0.2, 0.25) is 0 Å². The lowest BCUT2D eigenvalue weighted by molar-refractivity contribution is 0.0159. The number of anilines is 1. The summed E-state index contributed by atoms with van der Waals surface area (Å²) in [5.41, 5.74) is 7.59. The minimum Gasteiger partial charge on any atom is -0.508 e. The molecule has 0 amide bonds. The number of phenols is 1. The van der Waals surface area contributed by atoms with Crippen molar-refractivity contribution in [3.05, 3.63) is 23.8 Å². The molecule has 2 rings (SSSR count). The first kappa shape index (κ1) is 15.1. The number of hydrogen-bond donors (Lipinski definition) is 3. The van der Waals surface area contributed by atoms with Gasteiger partial charge >= 0.3 is 0 Å². The Hall–Kier alpha value is -1.30. The zero-order valence-electron chi connectivity index (χ0n) is 12.0. The van der Waals surface area contributed by atoms with E-state index in [4.69, 9.17) is 15.6 Å². The van der Waals surface area contributed by atoms with Gasteiger partial charge in [0.2, 0.25) is 0 Å². The van der Waals surface area contributed by atoms with Gasteiger partial charge in [-0.1, -0.05) is 6.07 Å². The number of phenolic OH excluding ortho intramolecular Hbond substituents is 1. The van der Waals surface area contributed by atoms with E-state index < -0.39 is 0 Å². The van der Waals surface area contributed by atoms with Gasteiger partial charge < -0.3 is 25.6 Å². The minimum absolute atomic E-state index is 0.0762. The predicted octanol–water partition coefficient (Wildman–Crippen LogP) is 1.39. The first-order valence-corrected chi connectivity index (χ1v) is 7.17. The molecule has 5 heteroatoms. The Morgan fingerprint density at radius 3 is 2.65 bits per heavy atom. The third-order valence-electron chi connectivity index (χ3n) is 3.76. The monoisotopic (exact) mass is 280 g/mol. The number of nitrogens with zero attached hydrogens (tertiary/aromatic N) is 1. The Balaban J connectivity index is 1.95. The summed E-state index contributed by atoms with van der Waals surface area (Å²) in [6.07, 6.45) is 2.11. The van der Waals surface area contributed by atoms with Crippen LogP contribution < -0.4 is 10.6 Å². The van der Waals surface area contributed by atoms with Crippen LogP contribution in [-0.4, -0.2) is 42.6 Å². The number of aliphatic hydroxyl groups excluding tert-OH is 1. The molecule has 4 N–H and O–H groups in total. The predicted molar refractivity (Wildman–Crippen MR) is 79.0 cm³/mol.